The molecule has 0 saturated heterocycles. The van der Waals surface area contributed by atoms with E-state index in [4.69, 9.17) is 4.74 Å². The minimum absolute atomic E-state index is 0.615. The smallest absolute Gasteiger partial charge is 0.241 e. The van der Waals surface area contributed by atoms with Crippen molar-refractivity contribution in [3.8, 4) is 5.88 Å². The lowest BCUT2D eigenvalue weighted by Gasteiger charge is -2.07. The van der Waals surface area contributed by atoms with Crippen molar-refractivity contribution in [2.75, 3.05) is 6.61 Å². The second-order valence-electron chi connectivity index (χ2n) is 3.28. The van der Waals surface area contributed by atoms with E-state index in [0.29, 0.717) is 12.5 Å². The molecule has 78 valence electrons. The van der Waals surface area contributed by atoms with Crippen LogP contribution in [0.1, 0.15) is 19.5 Å². The van der Waals surface area contributed by atoms with E-state index < -0.39 is 0 Å². The first kappa shape index (κ1) is 9.90. The maximum Gasteiger partial charge on any atom is 0.241 e. The van der Waals surface area contributed by atoms with Crippen molar-refractivity contribution in [3.05, 3.63) is 30.0 Å². The normalized spacial score (nSPS) is 10.5. The molecule has 0 saturated carbocycles. The Morgan fingerprint density at radius 3 is 2.47 bits per heavy atom. The number of benzene rings is 1. The highest BCUT2D eigenvalue weighted by molar-refractivity contribution is 5.88. The fourth-order valence-corrected chi connectivity index (χ4v) is 1.64. The molecule has 0 N–H and O–H groups in total. The molecule has 3 nitrogen and oxygen atoms in total. The second kappa shape index (κ2) is 4.26. The molecule has 0 aliphatic heterocycles. The van der Waals surface area contributed by atoms with Gasteiger partial charge in [0.05, 0.1) is 12.3 Å². The number of hydrogen-bond donors (Lipinski definition) is 0. The Labute approximate surface area is 89.1 Å². The van der Waals surface area contributed by atoms with Crippen LogP contribution < -0.4 is 4.74 Å². The van der Waals surface area contributed by atoms with Gasteiger partial charge in [0.2, 0.25) is 5.88 Å². The third-order valence-electron chi connectivity index (χ3n) is 2.35. The highest BCUT2D eigenvalue weighted by Gasteiger charge is 2.07. The largest absolute Gasteiger partial charge is 0.476 e. The Hall–Kier alpha value is -1.64. The molecule has 0 amide bonds. The van der Waals surface area contributed by atoms with Gasteiger partial charge >= 0.3 is 0 Å². The molecular weight excluding hydrogens is 188 g/mol. The predicted octanol–water partition coefficient (Wildman–Crippen LogP) is 2.59. The third kappa shape index (κ3) is 1.77. The van der Waals surface area contributed by atoms with Gasteiger partial charge in [-0.2, -0.15) is 5.10 Å². The van der Waals surface area contributed by atoms with Crippen LogP contribution in [-0.4, -0.2) is 16.8 Å². The van der Waals surface area contributed by atoms with Crippen molar-refractivity contribution >= 4 is 10.8 Å². The molecule has 0 fully saturated rings. The first-order valence-corrected chi connectivity index (χ1v) is 5.24. The first-order chi connectivity index (χ1) is 7.36. The molecule has 0 unspecified atom stereocenters. The Kier molecular flexibility index (Phi) is 2.81. The van der Waals surface area contributed by atoms with Crippen molar-refractivity contribution < 1.29 is 4.74 Å². The lowest BCUT2D eigenvalue weighted by molar-refractivity contribution is 0.327. The quantitative estimate of drug-likeness (QED) is 0.767. The van der Waals surface area contributed by atoms with Crippen molar-refractivity contribution in [2.24, 2.45) is 0 Å². The molecule has 0 atom stereocenters. The Morgan fingerprint density at radius 2 is 1.80 bits per heavy atom. The molecule has 0 bridgehead atoms. The second-order valence-corrected chi connectivity index (χ2v) is 3.28. The third-order valence-corrected chi connectivity index (χ3v) is 2.35. The van der Waals surface area contributed by atoms with Gasteiger partial charge in [-0.15, -0.1) is 5.10 Å². The van der Waals surface area contributed by atoms with E-state index in [2.05, 4.69) is 23.2 Å². The van der Waals surface area contributed by atoms with Gasteiger partial charge in [0.25, 0.3) is 0 Å². The summed E-state index contributed by atoms with van der Waals surface area (Å²) in [5, 5.41) is 10.4. The van der Waals surface area contributed by atoms with E-state index in [-0.39, 0.29) is 0 Å². The van der Waals surface area contributed by atoms with Crippen molar-refractivity contribution in [3.63, 3.8) is 0 Å². The molecule has 0 aliphatic carbocycles. The van der Waals surface area contributed by atoms with Crippen LogP contribution in [-0.2, 0) is 6.42 Å². The number of aryl methyl sites for hydroxylation is 1. The minimum atomic E-state index is 0.615. The van der Waals surface area contributed by atoms with Crippen molar-refractivity contribution in [1.82, 2.24) is 10.2 Å². The van der Waals surface area contributed by atoms with Gasteiger partial charge in [-0.1, -0.05) is 25.1 Å². The summed E-state index contributed by atoms with van der Waals surface area (Å²) in [5.41, 5.74) is 1.02. The first-order valence-electron chi connectivity index (χ1n) is 5.24. The van der Waals surface area contributed by atoms with Crippen molar-refractivity contribution in [2.45, 2.75) is 20.3 Å². The Bertz CT molecular complexity index is 468. The van der Waals surface area contributed by atoms with E-state index in [9.17, 15) is 0 Å². The molecule has 1 heterocycles. The standard InChI is InChI=1S/C12H14N2O/c1-3-11-9-7-5-6-8-10(9)12(14-13-11)15-4-2/h5-8H,3-4H2,1-2H3. The number of fused-ring (bicyclic) bond motifs is 1. The van der Waals surface area contributed by atoms with Crippen LogP contribution in [0.2, 0.25) is 0 Å². The zero-order valence-corrected chi connectivity index (χ0v) is 9.03. The average molecular weight is 202 g/mol. The van der Waals surface area contributed by atoms with E-state index in [1.165, 1.54) is 0 Å². The molecule has 0 radical (unpaired) electrons. The van der Waals surface area contributed by atoms with E-state index in [1.807, 2.05) is 25.1 Å². The van der Waals surface area contributed by atoms with E-state index >= 15 is 0 Å². The molecule has 3 heteroatoms. The van der Waals surface area contributed by atoms with Gasteiger partial charge < -0.3 is 4.74 Å². The summed E-state index contributed by atoms with van der Waals surface area (Å²) >= 11 is 0. The van der Waals surface area contributed by atoms with Crippen LogP contribution in [0.15, 0.2) is 24.3 Å². The topological polar surface area (TPSA) is 35.0 Å². The highest BCUT2D eigenvalue weighted by atomic mass is 16.5. The van der Waals surface area contributed by atoms with Crippen LogP contribution in [0.3, 0.4) is 0 Å². The fraction of sp³-hybridized carbons (Fsp3) is 0.333. The summed E-state index contributed by atoms with van der Waals surface area (Å²) in [6.45, 7) is 4.64. The van der Waals surface area contributed by atoms with Gasteiger partial charge in [0.1, 0.15) is 0 Å². The zero-order chi connectivity index (χ0) is 10.7. The van der Waals surface area contributed by atoms with E-state index in [1.54, 1.807) is 0 Å². The fourth-order valence-electron chi connectivity index (χ4n) is 1.64. The lowest BCUT2D eigenvalue weighted by atomic mass is 10.1. The van der Waals surface area contributed by atoms with Gasteiger partial charge in [-0.3, -0.25) is 0 Å². The Balaban J connectivity index is 2.66. The van der Waals surface area contributed by atoms with Crippen LogP contribution in [0.25, 0.3) is 10.8 Å². The van der Waals surface area contributed by atoms with Crippen LogP contribution in [0, 0.1) is 0 Å². The highest BCUT2D eigenvalue weighted by Crippen LogP contribution is 2.24. The molecule has 2 rings (SSSR count). The lowest BCUT2D eigenvalue weighted by Crippen LogP contribution is -2.00. The van der Waals surface area contributed by atoms with Gasteiger partial charge in [0, 0.05) is 10.8 Å². The SMILES string of the molecule is CCOc1nnc(CC)c2ccccc12. The maximum absolute atomic E-state index is 5.45. The summed E-state index contributed by atoms with van der Waals surface area (Å²) < 4.78 is 5.45. The van der Waals surface area contributed by atoms with Crippen LogP contribution in [0.4, 0.5) is 0 Å². The molecule has 0 aliphatic rings. The number of ether oxygens (including phenoxy) is 1. The number of aromatic nitrogens is 2. The summed E-state index contributed by atoms with van der Waals surface area (Å²) in [4.78, 5) is 0. The van der Waals surface area contributed by atoms with Crippen LogP contribution in [0.5, 0.6) is 5.88 Å². The van der Waals surface area contributed by atoms with Gasteiger partial charge in [-0.05, 0) is 19.4 Å². The summed E-state index contributed by atoms with van der Waals surface area (Å²) in [6.07, 6.45) is 0.889. The molecular formula is C12H14N2O. The summed E-state index contributed by atoms with van der Waals surface area (Å²) in [7, 11) is 0. The number of hydrogen-bond acceptors (Lipinski definition) is 3. The number of nitrogens with zero attached hydrogens (tertiary/aromatic N) is 2. The molecule has 1 aromatic carbocycles. The van der Waals surface area contributed by atoms with Crippen LogP contribution >= 0.6 is 0 Å². The molecule has 1 aromatic heterocycles. The van der Waals surface area contributed by atoms with Gasteiger partial charge in [-0.25, -0.2) is 0 Å². The molecule has 2 aromatic rings. The minimum Gasteiger partial charge on any atom is -0.476 e. The predicted molar refractivity (Wildman–Crippen MR) is 60.1 cm³/mol. The van der Waals surface area contributed by atoms with E-state index in [0.717, 1.165) is 22.9 Å². The molecule has 0 spiro atoms. The number of rotatable bonds is 3. The molecule has 15 heavy (non-hydrogen) atoms. The van der Waals surface area contributed by atoms with Crippen molar-refractivity contribution in [1.29, 1.82) is 0 Å². The maximum atomic E-state index is 5.45. The monoisotopic (exact) mass is 202 g/mol. The summed E-state index contributed by atoms with van der Waals surface area (Å²) in [6, 6.07) is 8.09. The Morgan fingerprint density at radius 1 is 1.07 bits per heavy atom. The average Bonchev–Trinajstić information content (AvgIpc) is 2.30. The summed E-state index contributed by atoms with van der Waals surface area (Å²) in [5.74, 6) is 0.630. The zero-order valence-electron chi connectivity index (χ0n) is 9.03. The van der Waals surface area contributed by atoms with Gasteiger partial charge in [0.15, 0.2) is 0 Å².